The summed E-state index contributed by atoms with van der Waals surface area (Å²) in [5.74, 6) is 0.378. The maximum absolute atomic E-state index is 5.73. The van der Waals surface area contributed by atoms with E-state index in [4.69, 9.17) is 15.2 Å². The molecule has 0 radical (unpaired) electrons. The minimum absolute atomic E-state index is 0.311. The Labute approximate surface area is 105 Å². The zero-order valence-electron chi connectivity index (χ0n) is 10.5. The Kier molecular flexibility index (Phi) is 4.06. The number of hydrogen-bond donors (Lipinski definition) is 1. The second-order valence-electron chi connectivity index (χ2n) is 3.67. The van der Waals surface area contributed by atoms with Crippen molar-refractivity contribution < 1.29 is 9.47 Å². The molecular weight excluding hydrogens is 234 g/mol. The first kappa shape index (κ1) is 12.7. The molecule has 0 fully saturated rings. The molecule has 0 aromatic carbocycles. The van der Waals surface area contributed by atoms with Crippen molar-refractivity contribution in [1.82, 2.24) is 19.5 Å². The highest BCUT2D eigenvalue weighted by atomic mass is 16.7. The van der Waals surface area contributed by atoms with Gasteiger partial charge < -0.3 is 19.8 Å². The van der Waals surface area contributed by atoms with Gasteiger partial charge in [0.1, 0.15) is 11.8 Å². The summed E-state index contributed by atoms with van der Waals surface area (Å²) in [6.45, 7) is 5.56. The molecule has 0 aliphatic carbocycles. The third-order valence-corrected chi connectivity index (χ3v) is 2.48. The highest BCUT2D eigenvalue weighted by molar-refractivity contribution is 5.81. The van der Waals surface area contributed by atoms with Gasteiger partial charge in [-0.25, -0.2) is 15.0 Å². The third-order valence-electron chi connectivity index (χ3n) is 2.48. The molecule has 0 amide bonds. The highest BCUT2D eigenvalue weighted by Gasteiger charge is 2.13. The van der Waals surface area contributed by atoms with Crippen molar-refractivity contribution in [3.8, 4) is 0 Å². The molecule has 0 bridgehead atoms. The van der Waals surface area contributed by atoms with Crippen LogP contribution in [0.3, 0.4) is 0 Å². The lowest BCUT2D eigenvalue weighted by Gasteiger charge is -2.17. The largest absolute Gasteiger partial charge is 0.382 e. The predicted molar refractivity (Wildman–Crippen MR) is 66.8 cm³/mol. The first-order valence-corrected chi connectivity index (χ1v) is 5.90. The number of hydrogen-bond acceptors (Lipinski definition) is 6. The summed E-state index contributed by atoms with van der Waals surface area (Å²) in [7, 11) is 0. The molecule has 18 heavy (non-hydrogen) atoms. The lowest BCUT2D eigenvalue weighted by molar-refractivity contribution is -0.143. The van der Waals surface area contributed by atoms with Crippen LogP contribution in [0.2, 0.25) is 0 Å². The van der Waals surface area contributed by atoms with Crippen LogP contribution >= 0.6 is 0 Å². The van der Waals surface area contributed by atoms with Crippen LogP contribution in [0.4, 0.5) is 5.82 Å². The number of rotatable bonds is 6. The minimum Gasteiger partial charge on any atom is -0.382 e. The number of fused-ring (bicyclic) bond motifs is 1. The van der Waals surface area contributed by atoms with Gasteiger partial charge in [0.25, 0.3) is 0 Å². The zero-order chi connectivity index (χ0) is 13.0. The minimum atomic E-state index is -0.311. The molecule has 7 nitrogen and oxygen atoms in total. The van der Waals surface area contributed by atoms with Gasteiger partial charge in [-0.1, -0.05) is 0 Å². The van der Waals surface area contributed by atoms with Gasteiger partial charge in [-0.2, -0.15) is 0 Å². The molecule has 7 heteroatoms. The maximum Gasteiger partial charge on any atom is 0.175 e. The molecule has 2 aromatic rings. The van der Waals surface area contributed by atoms with Crippen LogP contribution in [0.15, 0.2) is 12.7 Å². The molecule has 98 valence electrons. The molecule has 0 spiro atoms. The summed E-state index contributed by atoms with van der Waals surface area (Å²) < 4.78 is 12.8. The molecule has 2 aromatic heterocycles. The first-order chi connectivity index (χ1) is 8.76. The number of nitrogens with two attached hydrogens (primary N) is 1. The normalized spacial score (nSPS) is 11.5. The Morgan fingerprint density at radius 3 is 2.61 bits per heavy atom. The molecule has 0 saturated heterocycles. The summed E-state index contributed by atoms with van der Waals surface area (Å²) in [6, 6.07) is 0. The van der Waals surface area contributed by atoms with Gasteiger partial charge >= 0.3 is 0 Å². The van der Waals surface area contributed by atoms with Crippen molar-refractivity contribution in [1.29, 1.82) is 0 Å². The van der Waals surface area contributed by atoms with Crippen molar-refractivity contribution >= 4 is 17.0 Å². The second kappa shape index (κ2) is 5.74. The predicted octanol–water partition coefficient (Wildman–Crippen LogP) is 0.808. The van der Waals surface area contributed by atoms with E-state index in [-0.39, 0.29) is 6.29 Å². The number of imidazole rings is 1. The summed E-state index contributed by atoms with van der Waals surface area (Å²) >= 11 is 0. The van der Waals surface area contributed by atoms with Crippen LogP contribution in [0.25, 0.3) is 11.2 Å². The van der Waals surface area contributed by atoms with E-state index in [2.05, 4.69) is 15.0 Å². The topological polar surface area (TPSA) is 88.1 Å². The van der Waals surface area contributed by atoms with Gasteiger partial charge in [0.05, 0.1) is 12.9 Å². The summed E-state index contributed by atoms with van der Waals surface area (Å²) in [5, 5.41) is 0. The van der Waals surface area contributed by atoms with E-state index in [9.17, 15) is 0 Å². The van der Waals surface area contributed by atoms with Gasteiger partial charge in [0.15, 0.2) is 17.8 Å². The Bertz CT molecular complexity index is 507. The van der Waals surface area contributed by atoms with Crippen LogP contribution in [-0.2, 0) is 16.0 Å². The molecule has 0 unspecified atom stereocenters. The van der Waals surface area contributed by atoms with Crippen molar-refractivity contribution in [2.75, 3.05) is 18.9 Å². The number of ether oxygens (including phenoxy) is 2. The third kappa shape index (κ3) is 2.57. The van der Waals surface area contributed by atoms with Crippen LogP contribution in [0.1, 0.15) is 13.8 Å². The van der Waals surface area contributed by atoms with Crippen LogP contribution < -0.4 is 5.73 Å². The lowest BCUT2D eigenvalue weighted by Crippen LogP contribution is -2.23. The van der Waals surface area contributed by atoms with Gasteiger partial charge in [0, 0.05) is 13.2 Å². The van der Waals surface area contributed by atoms with Crippen molar-refractivity contribution in [3.05, 3.63) is 12.7 Å². The quantitative estimate of drug-likeness (QED) is 0.764. The highest BCUT2D eigenvalue weighted by Crippen LogP contribution is 2.15. The Morgan fingerprint density at radius 2 is 1.94 bits per heavy atom. The fourth-order valence-corrected chi connectivity index (χ4v) is 1.72. The standard InChI is InChI=1S/C11H17N5O2/c1-3-17-8(18-4-2)5-16-7-15-9-10(12)13-6-14-11(9)16/h6-8H,3-5H2,1-2H3,(H2,12,13,14). The second-order valence-corrected chi connectivity index (χ2v) is 3.67. The Hall–Kier alpha value is -1.73. The Morgan fingerprint density at radius 1 is 1.22 bits per heavy atom. The van der Waals surface area contributed by atoms with Gasteiger partial charge in [-0.15, -0.1) is 0 Å². The fourth-order valence-electron chi connectivity index (χ4n) is 1.72. The van der Waals surface area contributed by atoms with Crippen LogP contribution in [0.5, 0.6) is 0 Å². The molecule has 2 N–H and O–H groups in total. The fraction of sp³-hybridized carbons (Fsp3) is 0.545. The monoisotopic (exact) mass is 251 g/mol. The van der Waals surface area contributed by atoms with E-state index >= 15 is 0 Å². The average molecular weight is 251 g/mol. The van der Waals surface area contributed by atoms with E-state index in [1.807, 2.05) is 18.4 Å². The molecule has 2 rings (SSSR count). The van der Waals surface area contributed by atoms with Gasteiger partial charge in [0.2, 0.25) is 0 Å². The van der Waals surface area contributed by atoms with Crippen molar-refractivity contribution in [2.24, 2.45) is 0 Å². The summed E-state index contributed by atoms with van der Waals surface area (Å²) in [6.07, 6.45) is 2.78. The smallest absolute Gasteiger partial charge is 0.175 e. The van der Waals surface area contributed by atoms with Crippen LogP contribution in [0, 0.1) is 0 Å². The van der Waals surface area contributed by atoms with Gasteiger partial charge in [-0.05, 0) is 13.8 Å². The van der Waals surface area contributed by atoms with E-state index in [1.54, 1.807) is 6.33 Å². The molecular formula is C11H17N5O2. The maximum atomic E-state index is 5.73. The number of anilines is 1. The summed E-state index contributed by atoms with van der Waals surface area (Å²) in [4.78, 5) is 12.3. The molecule has 0 saturated carbocycles. The number of nitrogen functional groups attached to an aromatic ring is 1. The van der Waals surface area contributed by atoms with Gasteiger partial charge in [-0.3, -0.25) is 0 Å². The molecule has 0 atom stereocenters. The van der Waals surface area contributed by atoms with Crippen LogP contribution in [-0.4, -0.2) is 39.0 Å². The summed E-state index contributed by atoms with van der Waals surface area (Å²) in [5.41, 5.74) is 7.02. The molecule has 0 aliphatic heterocycles. The molecule has 2 heterocycles. The average Bonchev–Trinajstić information content (AvgIpc) is 2.75. The van der Waals surface area contributed by atoms with E-state index in [0.717, 1.165) is 0 Å². The number of nitrogens with zero attached hydrogens (tertiary/aromatic N) is 4. The first-order valence-electron chi connectivity index (χ1n) is 5.90. The lowest BCUT2D eigenvalue weighted by atomic mass is 10.5. The molecule has 0 aliphatic rings. The van der Waals surface area contributed by atoms with E-state index in [0.29, 0.717) is 36.7 Å². The van der Waals surface area contributed by atoms with E-state index < -0.39 is 0 Å². The van der Waals surface area contributed by atoms with Crippen molar-refractivity contribution in [2.45, 2.75) is 26.7 Å². The number of aromatic nitrogens is 4. The van der Waals surface area contributed by atoms with Crippen molar-refractivity contribution in [3.63, 3.8) is 0 Å². The Balaban J connectivity index is 2.22. The zero-order valence-corrected chi connectivity index (χ0v) is 10.5. The van der Waals surface area contributed by atoms with E-state index in [1.165, 1.54) is 6.33 Å². The SMILES string of the molecule is CCOC(Cn1cnc2c(N)ncnc21)OCC.